The molecular weight excluding hydrogens is 189 g/mol. The Kier molecular flexibility index (Phi) is 4.33. The Balaban J connectivity index is 2.56. The molecule has 0 aromatic heterocycles. The van der Waals surface area contributed by atoms with Crippen LogP contribution in [0.25, 0.3) is 0 Å². The highest BCUT2D eigenvalue weighted by Crippen LogP contribution is 2.09. The standard InChI is InChI=1S/C13H16FN/c1-4-10(2)15-11(3)9-12-7-5-6-8-13(12)14/h1,5-8,10-11,15H,9H2,2-3H3. The molecule has 2 heteroatoms. The van der Waals surface area contributed by atoms with Gasteiger partial charge in [0, 0.05) is 6.04 Å². The Bertz CT molecular complexity index is 354. The smallest absolute Gasteiger partial charge is 0.126 e. The molecule has 0 heterocycles. The maximum atomic E-state index is 13.3. The van der Waals surface area contributed by atoms with Crippen LogP contribution < -0.4 is 5.32 Å². The highest BCUT2D eigenvalue weighted by atomic mass is 19.1. The van der Waals surface area contributed by atoms with E-state index in [-0.39, 0.29) is 17.9 Å². The van der Waals surface area contributed by atoms with Crippen LogP contribution in [0.5, 0.6) is 0 Å². The van der Waals surface area contributed by atoms with Crippen LogP contribution in [-0.2, 0) is 6.42 Å². The average Bonchev–Trinajstić information content (AvgIpc) is 2.21. The lowest BCUT2D eigenvalue weighted by molar-refractivity contribution is 0.508. The molecule has 0 amide bonds. The molecule has 0 spiro atoms. The Hall–Kier alpha value is -1.33. The SMILES string of the molecule is C#CC(C)NC(C)Cc1ccccc1F. The summed E-state index contributed by atoms with van der Waals surface area (Å²) in [6.07, 6.45) is 5.91. The van der Waals surface area contributed by atoms with Gasteiger partial charge >= 0.3 is 0 Å². The van der Waals surface area contributed by atoms with Crippen LogP contribution in [0.15, 0.2) is 24.3 Å². The summed E-state index contributed by atoms with van der Waals surface area (Å²) in [4.78, 5) is 0. The molecule has 0 aliphatic rings. The summed E-state index contributed by atoms with van der Waals surface area (Å²) in [6, 6.07) is 7.01. The van der Waals surface area contributed by atoms with Crippen molar-refractivity contribution < 1.29 is 4.39 Å². The number of hydrogen-bond donors (Lipinski definition) is 1. The summed E-state index contributed by atoms with van der Waals surface area (Å²) < 4.78 is 13.3. The first-order valence-electron chi connectivity index (χ1n) is 5.09. The zero-order valence-corrected chi connectivity index (χ0v) is 9.13. The maximum absolute atomic E-state index is 13.3. The molecule has 1 nitrogen and oxygen atoms in total. The molecule has 0 bridgehead atoms. The van der Waals surface area contributed by atoms with E-state index in [4.69, 9.17) is 6.42 Å². The molecular formula is C13H16FN. The molecule has 1 aromatic rings. The van der Waals surface area contributed by atoms with Crippen molar-refractivity contribution in [2.45, 2.75) is 32.4 Å². The zero-order chi connectivity index (χ0) is 11.3. The molecule has 0 aliphatic carbocycles. The van der Waals surface area contributed by atoms with Gasteiger partial charge in [-0.3, -0.25) is 0 Å². The minimum Gasteiger partial charge on any atom is -0.301 e. The van der Waals surface area contributed by atoms with Gasteiger partial charge in [-0.1, -0.05) is 24.1 Å². The molecule has 80 valence electrons. The van der Waals surface area contributed by atoms with Crippen LogP contribution >= 0.6 is 0 Å². The normalized spacial score (nSPS) is 14.3. The van der Waals surface area contributed by atoms with Crippen LogP contribution in [-0.4, -0.2) is 12.1 Å². The lowest BCUT2D eigenvalue weighted by Gasteiger charge is -2.16. The fraction of sp³-hybridized carbons (Fsp3) is 0.385. The van der Waals surface area contributed by atoms with E-state index in [0.29, 0.717) is 6.42 Å². The van der Waals surface area contributed by atoms with E-state index in [1.165, 1.54) is 6.07 Å². The fourth-order valence-corrected chi connectivity index (χ4v) is 1.53. The van der Waals surface area contributed by atoms with Crippen molar-refractivity contribution in [3.63, 3.8) is 0 Å². The second-order valence-corrected chi connectivity index (χ2v) is 3.75. The number of hydrogen-bond acceptors (Lipinski definition) is 1. The molecule has 0 saturated carbocycles. The quantitative estimate of drug-likeness (QED) is 0.744. The van der Waals surface area contributed by atoms with Gasteiger partial charge in [-0.15, -0.1) is 6.42 Å². The van der Waals surface area contributed by atoms with Gasteiger partial charge in [-0.2, -0.15) is 0 Å². The lowest BCUT2D eigenvalue weighted by Crippen LogP contribution is -2.35. The molecule has 1 rings (SSSR count). The predicted octanol–water partition coefficient (Wildman–Crippen LogP) is 2.37. The molecule has 0 aliphatic heterocycles. The third-order valence-corrected chi connectivity index (χ3v) is 2.27. The minimum atomic E-state index is -0.153. The first kappa shape index (κ1) is 11.7. The van der Waals surface area contributed by atoms with Crippen molar-refractivity contribution in [2.24, 2.45) is 0 Å². The van der Waals surface area contributed by atoms with E-state index in [1.54, 1.807) is 12.1 Å². The van der Waals surface area contributed by atoms with Gasteiger partial charge in [0.05, 0.1) is 6.04 Å². The fourth-order valence-electron chi connectivity index (χ4n) is 1.53. The van der Waals surface area contributed by atoms with Gasteiger partial charge in [-0.25, -0.2) is 4.39 Å². The summed E-state index contributed by atoms with van der Waals surface area (Å²) in [7, 11) is 0. The lowest BCUT2D eigenvalue weighted by atomic mass is 10.1. The van der Waals surface area contributed by atoms with Gasteiger partial charge in [0.25, 0.3) is 0 Å². The predicted molar refractivity (Wildman–Crippen MR) is 61.0 cm³/mol. The maximum Gasteiger partial charge on any atom is 0.126 e. The minimum absolute atomic E-state index is 0.0202. The average molecular weight is 205 g/mol. The topological polar surface area (TPSA) is 12.0 Å². The number of benzene rings is 1. The summed E-state index contributed by atoms with van der Waals surface area (Å²) >= 11 is 0. The van der Waals surface area contributed by atoms with E-state index in [2.05, 4.69) is 11.2 Å². The third-order valence-electron chi connectivity index (χ3n) is 2.27. The van der Waals surface area contributed by atoms with E-state index in [1.807, 2.05) is 19.9 Å². The number of nitrogens with one attached hydrogen (secondary N) is 1. The second kappa shape index (κ2) is 5.53. The molecule has 1 aromatic carbocycles. The number of halogens is 1. The van der Waals surface area contributed by atoms with Crippen LogP contribution in [0.1, 0.15) is 19.4 Å². The number of terminal acetylenes is 1. The van der Waals surface area contributed by atoms with E-state index >= 15 is 0 Å². The monoisotopic (exact) mass is 205 g/mol. The van der Waals surface area contributed by atoms with Crippen molar-refractivity contribution in [2.75, 3.05) is 0 Å². The Morgan fingerprint density at radius 3 is 2.67 bits per heavy atom. The van der Waals surface area contributed by atoms with Crippen LogP contribution in [0.3, 0.4) is 0 Å². The van der Waals surface area contributed by atoms with Gasteiger partial charge in [0.1, 0.15) is 5.82 Å². The van der Waals surface area contributed by atoms with Gasteiger partial charge < -0.3 is 5.32 Å². The van der Waals surface area contributed by atoms with Gasteiger partial charge in [-0.05, 0) is 31.9 Å². The zero-order valence-electron chi connectivity index (χ0n) is 9.13. The van der Waals surface area contributed by atoms with Crippen LogP contribution in [0, 0.1) is 18.2 Å². The van der Waals surface area contributed by atoms with Crippen molar-refractivity contribution in [3.8, 4) is 12.3 Å². The van der Waals surface area contributed by atoms with Crippen molar-refractivity contribution >= 4 is 0 Å². The summed E-state index contributed by atoms with van der Waals surface area (Å²) in [5.74, 6) is 2.44. The van der Waals surface area contributed by atoms with Crippen molar-refractivity contribution in [1.82, 2.24) is 5.32 Å². The first-order valence-corrected chi connectivity index (χ1v) is 5.09. The van der Waals surface area contributed by atoms with Crippen LogP contribution in [0.2, 0.25) is 0 Å². The summed E-state index contributed by atoms with van der Waals surface area (Å²) in [5.41, 5.74) is 0.724. The summed E-state index contributed by atoms with van der Waals surface area (Å²) in [5, 5.41) is 3.20. The first-order chi connectivity index (χ1) is 7.13. The molecule has 0 saturated heterocycles. The van der Waals surface area contributed by atoms with Crippen LogP contribution in [0.4, 0.5) is 4.39 Å². The molecule has 0 radical (unpaired) electrons. The molecule has 15 heavy (non-hydrogen) atoms. The molecule has 0 fully saturated rings. The Morgan fingerprint density at radius 2 is 2.07 bits per heavy atom. The third kappa shape index (κ3) is 3.73. The van der Waals surface area contributed by atoms with E-state index in [9.17, 15) is 4.39 Å². The van der Waals surface area contributed by atoms with E-state index < -0.39 is 0 Å². The number of rotatable bonds is 4. The Morgan fingerprint density at radius 1 is 1.40 bits per heavy atom. The van der Waals surface area contributed by atoms with Gasteiger partial charge in [0.15, 0.2) is 0 Å². The molecule has 2 unspecified atom stereocenters. The summed E-state index contributed by atoms with van der Waals surface area (Å²) in [6.45, 7) is 3.91. The highest BCUT2D eigenvalue weighted by molar-refractivity contribution is 5.18. The van der Waals surface area contributed by atoms with Crippen molar-refractivity contribution in [1.29, 1.82) is 0 Å². The largest absolute Gasteiger partial charge is 0.301 e. The molecule has 2 atom stereocenters. The van der Waals surface area contributed by atoms with Gasteiger partial charge in [0.2, 0.25) is 0 Å². The van der Waals surface area contributed by atoms with Crippen molar-refractivity contribution in [3.05, 3.63) is 35.6 Å². The molecule has 1 N–H and O–H groups in total. The van der Waals surface area contributed by atoms with E-state index in [0.717, 1.165) is 5.56 Å². The highest BCUT2D eigenvalue weighted by Gasteiger charge is 2.08. The second-order valence-electron chi connectivity index (χ2n) is 3.75. The Labute approximate surface area is 90.7 Å².